The lowest BCUT2D eigenvalue weighted by atomic mass is 10.2. The van der Waals surface area contributed by atoms with Crippen molar-refractivity contribution in [1.29, 1.82) is 0 Å². The standard InChI is InChI=1S/C14H13N5OS2/c20-13(12-9-2-1-3-10(9)16-18-12)15-14-19-17-11(22-14)6-8-4-5-21-7-8/h4-5,7H,1-3,6H2,(H,16,18)(H,15,19,20). The van der Waals surface area contributed by atoms with Crippen molar-refractivity contribution in [3.8, 4) is 0 Å². The normalized spacial score (nSPS) is 13.3. The molecule has 0 fully saturated rings. The lowest BCUT2D eigenvalue weighted by Crippen LogP contribution is -2.14. The van der Waals surface area contributed by atoms with Crippen molar-refractivity contribution in [3.05, 3.63) is 44.3 Å². The first-order valence-corrected chi connectivity index (χ1v) is 8.76. The molecule has 0 unspecified atom stereocenters. The highest BCUT2D eigenvalue weighted by atomic mass is 32.1. The number of carbonyl (C=O) groups excluding carboxylic acids is 1. The Bertz CT molecular complexity index is 805. The summed E-state index contributed by atoms with van der Waals surface area (Å²) in [5.74, 6) is -0.211. The Morgan fingerprint density at radius 2 is 2.32 bits per heavy atom. The first-order chi connectivity index (χ1) is 10.8. The number of anilines is 1. The highest BCUT2D eigenvalue weighted by Crippen LogP contribution is 2.24. The number of hydrogen-bond acceptors (Lipinski definition) is 6. The van der Waals surface area contributed by atoms with Crippen LogP contribution in [0.15, 0.2) is 16.8 Å². The Hall–Kier alpha value is -2.06. The molecule has 3 aromatic heterocycles. The van der Waals surface area contributed by atoms with E-state index < -0.39 is 0 Å². The first kappa shape index (κ1) is 13.6. The number of rotatable bonds is 4. The van der Waals surface area contributed by atoms with Crippen molar-refractivity contribution in [3.63, 3.8) is 0 Å². The third kappa shape index (κ3) is 2.55. The minimum Gasteiger partial charge on any atom is -0.295 e. The molecular weight excluding hydrogens is 318 g/mol. The van der Waals surface area contributed by atoms with Gasteiger partial charge in [0.2, 0.25) is 5.13 Å². The van der Waals surface area contributed by atoms with Gasteiger partial charge in [0.25, 0.3) is 5.91 Å². The van der Waals surface area contributed by atoms with Crippen LogP contribution in [0.4, 0.5) is 5.13 Å². The minimum absolute atomic E-state index is 0.211. The zero-order valence-corrected chi connectivity index (χ0v) is 13.3. The van der Waals surface area contributed by atoms with Crippen LogP contribution in [0.5, 0.6) is 0 Å². The maximum absolute atomic E-state index is 12.3. The highest BCUT2D eigenvalue weighted by molar-refractivity contribution is 7.15. The summed E-state index contributed by atoms with van der Waals surface area (Å²) in [5, 5.41) is 23.6. The van der Waals surface area contributed by atoms with Gasteiger partial charge in [0.05, 0.1) is 0 Å². The van der Waals surface area contributed by atoms with Gasteiger partial charge < -0.3 is 0 Å². The molecule has 2 N–H and O–H groups in total. The van der Waals surface area contributed by atoms with E-state index in [1.54, 1.807) is 11.3 Å². The minimum atomic E-state index is -0.211. The van der Waals surface area contributed by atoms with Gasteiger partial charge in [-0.1, -0.05) is 11.3 Å². The quantitative estimate of drug-likeness (QED) is 0.770. The van der Waals surface area contributed by atoms with Gasteiger partial charge in [-0.15, -0.1) is 10.2 Å². The third-order valence-corrected chi connectivity index (χ3v) is 5.21. The maximum Gasteiger partial charge on any atom is 0.278 e. The van der Waals surface area contributed by atoms with Crippen LogP contribution >= 0.6 is 22.7 Å². The van der Waals surface area contributed by atoms with Gasteiger partial charge in [0, 0.05) is 17.7 Å². The highest BCUT2D eigenvalue weighted by Gasteiger charge is 2.23. The molecule has 0 aliphatic heterocycles. The van der Waals surface area contributed by atoms with Crippen LogP contribution in [0.3, 0.4) is 0 Å². The largest absolute Gasteiger partial charge is 0.295 e. The van der Waals surface area contributed by atoms with E-state index in [4.69, 9.17) is 0 Å². The second-order valence-corrected chi connectivity index (χ2v) is 6.99. The topological polar surface area (TPSA) is 83.6 Å². The SMILES string of the molecule is O=C(Nc1nnc(Cc2ccsc2)s1)c1n[nH]c2c1CCC2. The molecule has 3 aromatic rings. The van der Waals surface area contributed by atoms with Crippen LogP contribution in [-0.2, 0) is 19.3 Å². The summed E-state index contributed by atoms with van der Waals surface area (Å²) in [7, 11) is 0. The van der Waals surface area contributed by atoms with E-state index in [-0.39, 0.29) is 5.91 Å². The smallest absolute Gasteiger partial charge is 0.278 e. The fraction of sp³-hybridized carbons (Fsp3) is 0.286. The molecule has 112 valence electrons. The predicted molar refractivity (Wildman–Crippen MR) is 85.6 cm³/mol. The van der Waals surface area contributed by atoms with Gasteiger partial charge in [0.1, 0.15) is 5.01 Å². The van der Waals surface area contributed by atoms with Gasteiger partial charge in [-0.3, -0.25) is 15.2 Å². The molecular formula is C14H13N5OS2. The van der Waals surface area contributed by atoms with Crippen molar-refractivity contribution in [2.24, 2.45) is 0 Å². The molecule has 3 heterocycles. The van der Waals surface area contributed by atoms with E-state index in [9.17, 15) is 4.79 Å². The van der Waals surface area contributed by atoms with Gasteiger partial charge in [-0.25, -0.2) is 0 Å². The van der Waals surface area contributed by atoms with E-state index in [1.807, 2.05) is 5.38 Å². The average Bonchev–Trinajstić information content (AvgIpc) is 3.22. The van der Waals surface area contributed by atoms with Crippen molar-refractivity contribution in [1.82, 2.24) is 20.4 Å². The number of H-pyrrole nitrogens is 1. The van der Waals surface area contributed by atoms with E-state index in [0.717, 1.165) is 41.9 Å². The van der Waals surface area contributed by atoms with Crippen LogP contribution in [-0.4, -0.2) is 26.3 Å². The molecule has 0 aromatic carbocycles. The van der Waals surface area contributed by atoms with Crippen molar-refractivity contribution in [2.75, 3.05) is 5.32 Å². The predicted octanol–water partition coefficient (Wildman–Crippen LogP) is 2.65. The summed E-state index contributed by atoms with van der Waals surface area (Å²) < 4.78 is 0. The van der Waals surface area contributed by atoms with E-state index in [1.165, 1.54) is 16.9 Å². The number of carbonyl (C=O) groups is 1. The second-order valence-electron chi connectivity index (χ2n) is 5.15. The molecule has 0 spiro atoms. The summed E-state index contributed by atoms with van der Waals surface area (Å²) in [4.78, 5) is 12.3. The number of aryl methyl sites for hydroxylation is 1. The Balaban J connectivity index is 1.47. The molecule has 8 heteroatoms. The van der Waals surface area contributed by atoms with E-state index in [2.05, 4.69) is 37.2 Å². The fourth-order valence-corrected chi connectivity index (χ4v) is 4.04. The van der Waals surface area contributed by atoms with Crippen molar-refractivity contribution < 1.29 is 4.79 Å². The molecule has 6 nitrogen and oxygen atoms in total. The molecule has 0 bridgehead atoms. The molecule has 22 heavy (non-hydrogen) atoms. The van der Waals surface area contributed by atoms with Crippen LogP contribution in [0.25, 0.3) is 0 Å². The lowest BCUT2D eigenvalue weighted by molar-refractivity contribution is 0.102. The monoisotopic (exact) mass is 331 g/mol. The van der Waals surface area contributed by atoms with Crippen molar-refractivity contribution in [2.45, 2.75) is 25.7 Å². The lowest BCUT2D eigenvalue weighted by Gasteiger charge is -1.99. The zero-order chi connectivity index (χ0) is 14.9. The Morgan fingerprint density at radius 1 is 1.36 bits per heavy atom. The number of nitrogens with zero attached hydrogens (tertiary/aromatic N) is 3. The van der Waals surface area contributed by atoms with Gasteiger partial charge in [-0.2, -0.15) is 16.4 Å². The third-order valence-electron chi connectivity index (χ3n) is 3.64. The molecule has 1 amide bonds. The van der Waals surface area contributed by atoms with Gasteiger partial charge in [0.15, 0.2) is 5.69 Å². The van der Waals surface area contributed by atoms with Crippen LogP contribution in [0, 0.1) is 0 Å². The number of hydrogen-bond donors (Lipinski definition) is 2. The molecule has 0 radical (unpaired) electrons. The summed E-state index contributed by atoms with van der Waals surface area (Å²) >= 11 is 3.06. The van der Waals surface area contributed by atoms with Crippen LogP contribution in [0.2, 0.25) is 0 Å². The van der Waals surface area contributed by atoms with E-state index in [0.29, 0.717) is 10.8 Å². The second kappa shape index (κ2) is 5.62. The summed E-state index contributed by atoms with van der Waals surface area (Å²) in [6, 6.07) is 2.07. The number of thiophene rings is 1. The summed E-state index contributed by atoms with van der Waals surface area (Å²) in [5.41, 5.74) is 3.83. The summed E-state index contributed by atoms with van der Waals surface area (Å²) in [6.45, 7) is 0. The van der Waals surface area contributed by atoms with Crippen molar-refractivity contribution >= 4 is 33.7 Å². The number of aromatic amines is 1. The number of aromatic nitrogens is 4. The fourth-order valence-electron chi connectivity index (χ4n) is 2.61. The van der Waals surface area contributed by atoms with Gasteiger partial charge in [-0.05, 0) is 41.7 Å². The van der Waals surface area contributed by atoms with E-state index >= 15 is 0 Å². The number of nitrogens with one attached hydrogen (secondary N) is 2. The summed E-state index contributed by atoms with van der Waals surface area (Å²) in [6.07, 6.45) is 3.70. The number of amides is 1. The Kier molecular flexibility index (Phi) is 3.47. The average molecular weight is 331 g/mol. The molecule has 0 saturated carbocycles. The molecule has 0 saturated heterocycles. The first-order valence-electron chi connectivity index (χ1n) is 7.00. The molecule has 0 atom stereocenters. The molecule has 1 aliphatic rings. The molecule has 4 rings (SSSR count). The maximum atomic E-state index is 12.3. The molecule has 1 aliphatic carbocycles. The van der Waals surface area contributed by atoms with Gasteiger partial charge >= 0.3 is 0 Å². The zero-order valence-electron chi connectivity index (χ0n) is 11.6. The van der Waals surface area contributed by atoms with Crippen LogP contribution < -0.4 is 5.32 Å². The van der Waals surface area contributed by atoms with Crippen LogP contribution in [0.1, 0.15) is 38.7 Å². The Morgan fingerprint density at radius 3 is 3.18 bits per heavy atom. The Labute approximate surface area is 134 Å². The number of fused-ring (bicyclic) bond motifs is 1.